The van der Waals surface area contributed by atoms with Gasteiger partial charge in [-0.1, -0.05) is 18.2 Å². The molecule has 27 heavy (non-hydrogen) atoms. The monoisotopic (exact) mass is 355 g/mol. The maximum atomic E-state index is 13.5. The third kappa shape index (κ3) is 2.89. The third-order valence-electron chi connectivity index (χ3n) is 4.78. The van der Waals surface area contributed by atoms with E-state index in [-0.39, 0.29) is 12.1 Å². The lowest BCUT2D eigenvalue weighted by molar-refractivity contribution is 0.180. The summed E-state index contributed by atoms with van der Waals surface area (Å²) in [5, 5.41) is 9.51. The maximum Gasteiger partial charge on any atom is 0.331 e. The molecule has 2 aromatic heterocycles. The number of urea groups is 1. The summed E-state index contributed by atoms with van der Waals surface area (Å²) in [4.78, 5) is 25.3. The number of aromatic nitrogens is 2. The van der Waals surface area contributed by atoms with Gasteiger partial charge in [0, 0.05) is 24.2 Å². The molecule has 0 aliphatic carbocycles. The first-order valence-corrected chi connectivity index (χ1v) is 8.64. The zero-order chi connectivity index (χ0) is 18.8. The topological polar surface area (TPSA) is 73.1 Å². The van der Waals surface area contributed by atoms with Crippen LogP contribution in [0.25, 0.3) is 0 Å². The first-order chi connectivity index (χ1) is 13.2. The second-order valence-corrected chi connectivity index (χ2v) is 6.32. The Labute approximate surface area is 157 Å². The molecule has 4 rings (SSSR count). The van der Waals surface area contributed by atoms with Crippen molar-refractivity contribution in [2.24, 2.45) is 0 Å². The van der Waals surface area contributed by atoms with E-state index in [0.29, 0.717) is 23.6 Å². The van der Waals surface area contributed by atoms with Crippen LogP contribution in [0, 0.1) is 11.3 Å². The molecule has 0 N–H and O–H groups in total. The zero-order valence-corrected chi connectivity index (χ0v) is 14.8. The minimum Gasteiger partial charge on any atom is -0.313 e. The predicted octanol–water partition coefficient (Wildman–Crippen LogP) is 4.18. The number of hydrogen-bond acceptors (Lipinski definition) is 4. The molecule has 0 saturated carbocycles. The molecule has 3 heterocycles. The van der Waals surface area contributed by atoms with Crippen LogP contribution >= 0.6 is 0 Å². The molecular weight excluding hydrogens is 338 g/mol. The molecule has 1 aliphatic rings. The lowest BCUT2D eigenvalue weighted by atomic mass is 10.0. The van der Waals surface area contributed by atoms with Crippen LogP contribution in [0.15, 0.2) is 67.1 Å². The molecular formula is C21H17N5O. The quantitative estimate of drug-likeness (QED) is 0.706. The van der Waals surface area contributed by atoms with Gasteiger partial charge in [0.25, 0.3) is 0 Å². The number of benzene rings is 1. The molecule has 6 nitrogen and oxygen atoms in total. The van der Waals surface area contributed by atoms with E-state index in [1.165, 1.54) is 4.90 Å². The van der Waals surface area contributed by atoms with Gasteiger partial charge in [0.05, 0.1) is 23.8 Å². The highest BCUT2D eigenvalue weighted by atomic mass is 16.2. The fourth-order valence-corrected chi connectivity index (χ4v) is 3.33. The summed E-state index contributed by atoms with van der Waals surface area (Å²) < 4.78 is 0. The van der Waals surface area contributed by atoms with E-state index in [9.17, 15) is 10.1 Å². The second kappa shape index (κ2) is 6.89. The van der Waals surface area contributed by atoms with Crippen LogP contribution in [-0.4, -0.2) is 20.9 Å². The lowest BCUT2D eigenvalue weighted by Crippen LogP contribution is -2.46. The number of anilines is 2. The summed E-state index contributed by atoms with van der Waals surface area (Å²) in [6.45, 7) is 2.44. The van der Waals surface area contributed by atoms with Crippen molar-refractivity contribution in [3.8, 4) is 6.07 Å². The van der Waals surface area contributed by atoms with Crippen LogP contribution in [0.4, 0.5) is 16.3 Å². The minimum absolute atomic E-state index is 0.148. The molecule has 0 bridgehead atoms. The van der Waals surface area contributed by atoms with Crippen molar-refractivity contribution in [3.05, 3.63) is 83.8 Å². The Bertz CT molecular complexity index is 1030. The standard InChI is InChI=1S/C21H17N5O/c1-15(16-8-11-23-12-9-16)25-14-18-6-4-10-24-20(18)26(21(25)27)19-7-3-2-5-17(19)13-22/h2-12,15H,14H2,1H3. The Morgan fingerprint density at radius 3 is 2.63 bits per heavy atom. The average Bonchev–Trinajstić information content (AvgIpc) is 2.73. The second-order valence-electron chi connectivity index (χ2n) is 6.32. The largest absolute Gasteiger partial charge is 0.331 e. The van der Waals surface area contributed by atoms with E-state index in [1.54, 1.807) is 41.7 Å². The first kappa shape index (κ1) is 16.7. The number of carbonyl (C=O) groups excluding carboxylic acids is 1. The molecule has 0 spiro atoms. The van der Waals surface area contributed by atoms with Crippen LogP contribution in [0.1, 0.15) is 29.7 Å². The summed E-state index contributed by atoms with van der Waals surface area (Å²) >= 11 is 0. The molecule has 132 valence electrons. The van der Waals surface area contributed by atoms with Crippen molar-refractivity contribution >= 4 is 17.5 Å². The molecule has 1 unspecified atom stereocenters. The molecule has 3 aromatic rings. The van der Waals surface area contributed by atoms with E-state index in [1.807, 2.05) is 37.3 Å². The molecule has 0 radical (unpaired) electrons. The van der Waals surface area contributed by atoms with Gasteiger partial charge in [0.1, 0.15) is 11.9 Å². The Morgan fingerprint density at radius 2 is 1.85 bits per heavy atom. The van der Waals surface area contributed by atoms with Crippen molar-refractivity contribution in [1.82, 2.24) is 14.9 Å². The number of hydrogen-bond donors (Lipinski definition) is 0. The highest BCUT2D eigenvalue weighted by Crippen LogP contribution is 2.37. The normalized spacial score (nSPS) is 14.4. The number of nitrogens with zero attached hydrogens (tertiary/aromatic N) is 5. The summed E-state index contributed by atoms with van der Waals surface area (Å²) in [6, 6.07) is 16.5. The van der Waals surface area contributed by atoms with Gasteiger partial charge in [-0.15, -0.1) is 0 Å². The van der Waals surface area contributed by atoms with E-state index < -0.39 is 0 Å². The molecule has 0 fully saturated rings. The Balaban J connectivity index is 1.83. The Kier molecular flexibility index (Phi) is 4.27. The van der Waals surface area contributed by atoms with Crippen molar-refractivity contribution < 1.29 is 4.79 Å². The van der Waals surface area contributed by atoms with Gasteiger partial charge in [-0.3, -0.25) is 4.98 Å². The van der Waals surface area contributed by atoms with Gasteiger partial charge in [-0.2, -0.15) is 5.26 Å². The van der Waals surface area contributed by atoms with Gasteiger partial charge < -0.3 is 4.90 Å². The maximum absolute atomic E-state index is 13.5. The number of nitriles is 1. The molecule has 2 amide bonds. The highest BCUT2D eigenvalue weighted by molar-refractivity contribution is 6.02. The Morgan fingerprint density at radius 1 is 1.07 bits per heavy atom. The summed E-state index contributed by atoms with van der Waals surface area (Å²) in [7, 11) is 0. The van der Waals surface area contributed by atoms with Crippen molar-refractivity contribution in [3.63, 3.8) is 0 Å². The van der Waals surface area contributed by atoms with Crippen molar-refractivity contribution in [2.75, 3.05) is 4.90 Å². The van der Waals surface area contributed by atoms with Gasteiger partial charge in [0.15, 0.2) is 0 Å². The van der Waals surface area contributed by atoms with Crippen LogP contribution in [0.2, 0.25) is 0 Å². The van der Waals surface area contributed by atoms with Gasteiger partial charge >= 0.3 is 6.03 Å². The smallest absolute Gasteiger partial charge is 0.313 e. The predicted molar refractivity (Wildman–Crippen MR) is 101 cm³/mol. The molecule has 6 heteroatoms. The fourth-order valence-electron chi connectivity index (χ4n) is 3.33. The molecule has 1 aromatic carbocycles. The van der Waals surface area contributed by atoms with E-state index in [2.05, 4.69) is 16.0 Å². The van der Waals surface area contributed by atoms with Crippen LogP contribution < -0.4 is 4.90 Å². The lowest BCUT2D eigenvalue weighted by Gasteiger charge is -2.39. The molecule has 0 saturated heterocycles. The SMILES string of the molecule is CC(c1ccncc1)N1Cc2cccnc2N(c2ccccc2C#N)C1=O. The minimum atomic E-state index is -0.201. The van der Waals surface area contributed by atoms with Crippen LogP contribution in [-0.2, 0) is 6.54 Å². The van der Waals surface area contributed by atoms with Gasteiger partial charge in [0.2, 0.25) is 0 Å². The molecule has 1 atom stereocenters. The first-order valence-electron chi connectivity index (χ1n) is 8.64. The van der Waals surface area contributed by atoms with Crippen LogP contribution in [0.3, 0.4) is 0 Å². The van der Waals surface area contributed by atoms with Gasteiger partial charge in [-0.05, 0) is 42.8 Å². The fraction of sp³-hybridized carbons (Fsp3) is 0.143. The molecule has 1 aliphatic heterocycles. The summed E-state index contributed by atoms with van der Waals surface area (Å²) in [6.07, 6.45) is 5.10. The third-order valence-corrected chi connectivity index (χ3v) is 4.78. The average molecular weight is 355 g/mol. The number of carbonyl (C=O) groups is 1. The number of amides is 2. The Hall–Kier alpha value is -3.72. The van der Waals surface area contributed by atoms with Crippen molar-refractivity contribution in [2.45, 2.75) is 19.5 Å². The highest BCUT2D eigenvalue weighted by Gasteiger charge is 2.36. The van der Waals surface area contributed by atoms with E-state index >= 15 is 0 Å². The van der Waals surface area contributed by atoms with E-state index in [0.717, 1.165) is 11.1 Å². The van der Waals surface area contributed by atoms with Gasteiger partial charge in [-0.25, -0.2) is 14.7 Å². The number of para-hydroxylation sites is 1. The summed E-state index contributed by atoms with van der Waals surface area (Å²) in [5.41, 5.74) is 2.91. The van der Waals surface area contributed by atoms with E-state index in [4.69, 9.17) is 0 Å². The van der Waals surface area contributed by atoms with Crippen LogP contribution in [0.5, 0.6) is 0 Å². The zero-order valence-electron chi connectivity index (χ0n) is 14.8. The summed E-state index contributed by atoms with van der Waals surface area (Å²) in [5.74, 6) is 0.573. The number of fused-ring (bicyclic) bond motifs is 1. The number of pyridine rings is 2. The number of rotatable bonds is 3. The van der Waals surface area contributed by atoms with Crippen molar-refractivity contribution in [1.29, 1.82) is 5.26 Å².